The number of nitrogens with one attached hydrogen (secondary N) is 1. The molecule has 0 atom stereocenters. The number of carbonyl (C=O) groups is 1. The fourth-order valence-corrected chi connectivity index (χ4v) is 1.31. The molecule has 4 heteroatoms. The van der Waals surface area contributed by atoms with Crippen LogP contribution in [0.15, 0.2) is 24.3 Å². The van der Waals surface area contributed by atoms with Crippen LogP contribution < -0.4 is 10.2 Å². The van der Waals surface area contributed by atoms with Crippen LogP contribution >= 0.6 is 0 Å². The molecule has 0 saturated carbocycles. The number of hydrogen-bond donors (Lipinski definition) is 2. The summed E-state index contributed by atoms with van der Waals surface area (Å²) in [7, 11) is 0. The number of rotatable bonds is 6. The fourth-order valence-electron chi connectivity index (χ4n) is 1.31. The molecule has 0 radical (unpaired) electrons. The quantitative estimate of drug-likeness (QED) is 0.442. The van der Waals surface area contributed by atoms with Crippen molar-refractivity contribution < 1.29 is 14.7 Å². The van der Waals surface area contributed by atoms with Crippen molar-refractivity contribution in [2.24, 2.45) is 0 Å². The Labute approximate surface area is 95.2 Å². The summed E-state index contributed by atoms with van der Waals surface area (Å²) in [4.78, 5) is 11.0. The highest BCUT2D eigenvalue weighted by atomic mass is 16.5. The van der Waals surface area contributed by atoms with Gasteiger partial charge in [0, 0.05) is 5.56 Å². The van der Waals surface area contributed by atoms with E-state index in [1.165, 1.54) is 6.42 Å². The summed E-state index contributed by atoms with van der Waals surface area (Å²) in [6.07, 6.45) is 3.36. The second kappa shape index (κ2) is 6.85. The van der Waals surface area contributed by atoms with Crippen molar-refractivity contribution >= 4 is 5.91 Å². The summed E-state index contributed by atoms with van der Waals surface area (Å²) in [6, 6.07) is 6.66. The van der Waals surface area contributed by atoms with Crippen LogP contribution in [0.3, 0.4) is 0 Å². The second-order valence-corrected chi connectivity index (χ2v) is 3.52. The average molecular weight is 223 g/mol. The van der Waals surface area contributed by atoms with E-state index in [4.69, 9.17) is 9.94 Å². The molecule has 0 aliphatic rings. The second-order valence-electron chi connectivity index (χ2n) is 3.52. The molecule has 88 valence electrons. The van der Waals surface area contributed by atoms with Gasteiger partial charge in [-0.05, 0) is 30.7 Å². The van der Waals surface area contributed by atoms with E-state index in [-0.39, 0.29) is 0 Å². The van der Waals surface area contributed by atoms with E-state index in [1.807, 2.05) is 0 Å². The summed E-state index contributed by atoms with van der Waals surface area (Å²) in [5.74, 6) is 0.225. The van der Waals surface area contributed by atoms with Gasteiger partial charge in [-0.1, -0.05) is 19.8 Å². The third-order valence-corrected chi connectivity index (χ3v) is 2.23. The first-order chi connectivity index (χ1) is 7.77. The lowest BCUT2D eigenvalue weighted by Gasteiger charge is -2.06. The minimum absolute atomic E-state index is 0.406. The zero-order valence-corrected chi connectivity index (χ0v) is 9.40. The average Bonchev–Trinajstić information content (AvgIpc) is 2.34. The van der Waals surface area contributed by atoms with Gasteiger partial charge in [0.1, 0.15) is 5.75 Å². The molecule has 0 spiro atoms. The molecule has 1 amide bonds. The third-order valence-electron chi connectivity index (χ3n) is 2.23. The van der Waals surface area contributed by atoms with Gasteiger partial charge in [0.05, 0.1) is 6.61 Å². The fraction of sp³-hybridized carbons (Fsp3) is 0.417. The standard InChI is InChI=1S/C12H17NO3/c1-2-3-4-9-16-11-7-5-10(6-8-11)12(14)13-15/h5-8,15H,2-4,9H2,1H3,(H,13,14). The molecular weight excluding hydrogens is 206 g/mol. The molecule has 0 aromatic heterocycles. The highest BCUT2D eigenvalue weighted by Crippen LogP contribution is 2.12. The van der Waals surface area contributed by atoms with Crippen LogP contribution in [0.1, 0.15) is 36.5 Å². The number of benzene rings is 1. The number of unbranched alkanes of at least 4 members (excludes halogenated alkanes) is 2. The van der Waals surface area contributed by atoms with Gasteiger partial charge in [0.25, 0.3) is 5.91 Å². The Morgan fingerprint density at radius 3 is 2.56 bits per heavy atom. The summed E-state index contributed by atoms with van der Waals surface area (Å²) in [5.41, 5.74) is 1.99. The molecule has 0 heterocycles. The summed E-state index contributed by atoms with van der Waals surface area (Å²) in [6.45, 7) is 2.83. The highest BCUT2D eigenvalue weighted by Gasteiger charge is 2.03. The Hall–Kier alpha value is -1.55. The van der Waals surface area contributed by atoms with Gasteiger partial charge in [0.2, 0.25) is 0 Å². The van der Waals surface area contributed by atoms with Crippen LogP contribution in [0.25, 0.3) is 0 Å². The maximum atomic E-state index is 11.0. The molecule has 4 nitrogen and oxygen atoms in total. The van der Waals surface area contributed by atoms with Gasteiger partial charge < -0.3 is 4.74 Å². The van der Waals surface area contributed by atoms with Crippen molar-refractivity contribution in [1.82, 2.24) is 5.48 Å². The first-order valence-corrected chi connectivity index (χ1v) is 5.45. The molecule has 1 rings (SSSR count). The first-order valence-electron chi connectivity index (χ1n) is 5.45. The largest absolute Gasteiger partial charge is 0.494 e. The van der Waals surface area contributed by atoms with Gasteiger partial charge in [-0.15, -0.1) is 0 Å². The van der Waals surface area contributed by atoms with Crippen LogP contribution in [0, 0.1) is 0 Å². The number of hydrogen-bond acceptors (Lipinski definition) is 3. The molecule has 16 heavy (non-hydrogen) atoms. The topological polar surface area (TPSA) is 58.6 Å². The predicted octanol–water partition coefficient (Wildman–Crippen LogP) is 2.37. The molecule has 0 unspecified atom stereocenters. The zero-order valence-electron chi connectivity index (χ0n) is 9.40. The van der Waals surface area contributed by atoms with Crippen molar-refractivity contribution in [3.8, 4) is 5.75 Å². The van der Waals surface area contributed by atoms with E-state index in [9.17, 15) is 4.79 Å². The summed E-state index contributed by atoms with van der Waals surface area (Å²) in [5, 5.41) is 8.43. The van der Waals surface area contributed by atoms with Gasteiger partial charge >= 0.3 is 0 Å². The number of carbonyl (C=O) groups excluding carboxylic acids is 1. The Bertz CT molecular complexity index is 322. The maximum Gasteiger partial charge on any atom is 0.274 e. The molecule has 0 fully saturated rings. The Balaban J connectivity index is 2.42. The van der Waals surface area contributed by atoms with Gasteiger partial charge in [-0.2, -0.15) is 0 Å². The zero-order chi connectivity index (χ0) is 11.8. The number of amides is 1. The Kier molecular flexibility index (Phi) is 5.36. The highest BCUT2D eigenvalue weighted by molar-refractivity contribution is 5.93. The van der Waals surface area contributed by atoms with Gasteiger partial charge in [-0.25, -0.2) is 5.48 Å². The van der Waals surface area contributed by atoms with Crippen LogP contribution in [0.5, 0.6) is 5.75 Å². The molecule has 1 aromatic carbocycles. The van der Waals surface area contributed by atoms with E-state index < -0.39 is 5.91 Å². The first kappa shape index (κ1) is 12.5. The van der Waals surface area contributed by atoms with Crippen LogP contribution in [0.2, 0.25) is 0 Å². The minimum atomic E-state index is -0.516. The number of hydroxylamine groups is 1. The van der Waals surface area contributed by atoms with Crippen LogP contribution in [0.4, 0.5) is 0 Å². The monoisotopic (exact) mass is 223 g/mol. The lowest BCUT2D eigenvalue weighted by atomic mass is 10.2. The minimum Gasteiger partial charge on any atom is -0.494 e. The van der Waals surface area contributed by atoms with E-state index in [0.717, 1.165) is 18.6 Å². The molecular formula is C12H17NO3. The third kappa shape index (κ3) is 3.90. The normalized spacial score (nSPS) is 9.88. The Morgan fingerprint density at radius 1 is 1.31 bits per heavy atom. The van der Waals surface area contributed by atoms with Crippen LogP contribution in [-0.4, -0.2) is 17.7 Å². The SMILES string of the molecule is CCCCCOc1ccc(C(=O)NO)cc1. The lowest BCUT2D eigenvalue weighted by Crippen LogP contribution is -2.18. The molecule has 0 bridgehead atoms. The summed E-state index contributed by atoms with van der Waals surface area (Å²) < 4.78 is 5.48. The van der Waals surface area contributed by atoms with Crippen LogP contribution in [-0.2, 0) is 0 Å². The van der Waals surface area contributed by atoms with E-state index in [1.54, 1.807) is 29.7 Å². The number of ether oxygens (including phenoxy) is 1. The van der Waals surface area contributed by atoms with Crippen molar-refractivity contribution in [1.29, 1.82) is 0 Å². The van der Waals surface area contributed by atoms with E-state index in [0.29, 0.717) is 12.2 Å². The Morgan fingerprint density at radius 2 is 2.00 bits per heavy atom. The van der Waals surface area contributed by atoms with Gasteiger partial charge in [-0.3, -0.25) is 10.0 Å². The van der Waals surface area contributed by atoms with E-state index in [2.05, 4.69) is 6.92 Å². The lowest BCUT2D eigenvalue weighted by molar-refractivity contribution is 0.0706. The van der Waals surface area contributed by atoms with Gasteiger partial charge in [0.15, 0.2) is 0 Å². The summed E-state index contributed by atoms with van der Waals surface area (Å²) >= 11 is 0. The predicted molar refractivity (Wildman–Crippen MR) is 60.7 cm³/mol. The maximum absolute atomic E-state index is 11.0. The molecule has 0 aliphatic heterocycles. The molecule has 2 N–H and O–H groups in total. The van der Waals surface area contributed by atoms with Crippen molar-refractivity contribution in [2.45, 2.75) is 26.2 Å². The van der Waals surface area contributed by atoms with Crippen molar-refractivity contribution in [2.75, 3.05) is 6.61 Å². The smallest absolute Gasteiger partial charge is 0.274 e. The molecule has 0 aliphatic carbocycles. The molecule has 1 aromatic rings. The van der Waals surface area contributed by atoms with Crippen molar-refractivity contribution in [3.05, 3.63) is 29.8 Å². The molecule has 0 saturated heterocycles. The van der Waals surface area contributed by atoms with Crippen molar-refractivity contribution in [3.63, 3.8) is 0 Å². The van der Waals surface area contributed by atoms with E-state index >= 15 is 0 Å².